The summed E-state index contributed by atoms with van der Waals surface area (Å²) < 4.78 is 10.4. The summed E-state index contributed by atoms with van der Waals surface area (Å²) in [7, 11) is 1.08. The predicted molar refractivity (Wildman–Crippen MR) is 66.1 cm³/mol. The summed E-state index contributed by atoms with van der Waals surface area (Å²) in [4.78, 5) is 33.0. The third kappa shape index (κ3) is 4.04. The van der Waals surface area contributed by atoms with Crippen molar-refractivity contribution in [2.75, 3.05) is 7.11 Å². The van der Waals surface area contributed by atoms with E-state index in [1.165, 1.54) is 0 Å². The molecule has 0 saturated heterocycles. The maximum atomic E-state index is 11.6. The van der Waals surface area contributed by atoms with E-state index < -0.39 is 33.8 Å². The molecule has 0 unspecified atom stereocenters. The Labute approximate surface area is 114 Å². The van der Waals surface area contributed by atoms with Crippen molar-refractivity contribution in [3.05, 3.63) is 22.0 Å². The predicted octanol–water partition coefficient (Wildman–Crippen LogP) is 0.920. The number of rotatable bonds is 4. The van der Waals surface area contributed by atoms with Gasteiger partial charge in [0.2, 0.25) is 5.69 Å². The first kappa shape index (κ1) is 15.6. The van der Waals surface area contributed by atoms with Crippen LogP contribution in [0.2, 0.25) is 0 Å². The zero-order valence-electron chi connectivity index (χ0n) is 11.6. The van der Waals surface area contributed by atoms with Gasteiger partial charge in [-0.2, -0.15) is 5.10 Å². The molecular weight excluding hydrogens is 270 g/mol. The Morgan fingerprint density at radius 1 is 1.45 bits per heavy atom. The second-order valence-corrected chi connectivity index (χ2v) is 4.90. The van der Waals surface area contributed by atoms with Gasteiger partial charge in [-0.05, 0) is 20.8 Å². The molecule has 1 rings (SSSR count). The lowest BCUT2D eigenvalue weighted by atomic mass is 10.2. The molecule has 0 bridgehead atoms. The maximum Gasteiger partial charge on any atom is 0.365 e. The Hall–Kier alpha value is -2.45. The average Bonchev–Trinajstić information content (AvgIpc) is 2.69. The van der Waals surface area contributed by atoms with E-state index in [2.05, 4.69) is 9.84 Å². The molecule has 0 aromatic carbocycles. The summed E-state index contributed by atoms with van der Waals surface area (Å²) in [5.41, 5.74) is -1.66. The zero-order valence-corrected chi connectivity index (χ0v) is 11.6. The molecule has 9 heteroatoms. The Bertz CT molecular complexity index is 543. The third-order valence-corrected chi connectivity index (χ3v) is 2.03. The van der Waals surface area contributed by atoms with E-state index in [1.54, 1.807) is 20.8 Å². The van der Waals surface area contributed by atoms with Crippen LogP contribution in [-0.4, -0.2) is 39.4 Å². The number of esters is 2. The van der Waals surface area contributed by atoms with Crippen molar-refractivity contribution in [3.8, 4) is 0 Å². The average molecular weight is 285 g/mol. The van der Waals surface area contributed by atoms with E-state index in [0.717, 1.165) is 18.0 Å². The normalized spacial score (nSPS) is 11.0. The minimum atomic E-state index is -0.945. The van der Waals surface area contributed by atoms with Crippen LogP contribution in [0.4, 0.5) is 5.69 Å². The topological polar surface area (TPSA) is 114 Å². The van der Waals surface area contributed by atoms with Crippen LogP contribution in [0.25, 0.3) is 0 Å². The van der Waals surface area contributed by atoms with Crippen molar-refractivity contribution in [3.63, 3.8) is 0 Å². The lowest BCUT2D eigenvalue weighted by Gasteiger charge is -2.19. The monoisotopic (exact) mass is 285 g/mol. The summed E-state index contributed by atoms with van der Waals surface area (Å²) >= 11 is 0. The van der Waals surface area contributed by atoms with Gasteiger partial charge in [0, 0.05) is 0 Å². The number of methoxy groups -OCH3 is 1. The lowest BCUT2D eigenvalue weighted by molar-refractivity contribution is -0.385. The summed E-state index contributed by atoms with van der Waals surface area (Å²) in [5, 5.41) is 14.5. The molecular formula is C11H15N3O6. The summed E-state index contributed by atoms with van der Waals surface area (Å²) in [6.07, 6.45) is 0.982. The van der Waals surface area contributed by atoms with Gasteiger partial charge in [0.05, 0.1) is 12.0 Å². The fourth-order valence-electron chi connectivity index (χ4n) is 1.37. The van der Waals surface area contributed by atoms with Crippen LogP contribution >= 0.6 is 0 Å². The molecule has 0 aliphatic heterocycles. The first-order valence-corrected chi connectivity index (χ1v) is 5.66. The molecule has 0 N–H and O–H groups in total. The number of ether oxygens (including phenoxy) is 2. The molecule has 0 radical (unpaired) electrons. The van der Waals surface area contributed by atoms with Crippen LogP contribution in [0.1, 0.15) is 31.3 Å². The SMILES string of the molecule is COC(=O)c1nn(CC(=O)OC(C)(C)C)cc1[N+](=O)[O-]. The van der Waals surface area contributed by atoms with Crippen molar-refractivity contribution >= 4 is 17.6 Å². The second-order valence-electron chi connectivity index (χ2n) is 4.90. The minimum Gasteiger partial charge on any atom is -0.464 e. The fraction of sp³-hybridized carbons (Fsp3) is 0.545. The van der Waals surface area contributed by atoms with Crippen LogP contribution in [0.5, 0.6) is 0 Å². The highest BCUT2D eigenvalue weighted by Crippen LogP contribution is 2.18. The molecule has 0 atom stereocenters. The number of hydrogen-bond acceptors (Lipinski definition) is 7. The van der Waals surface area contributed by atoms with E-state index in [9.17, 15) is 19.7 Å². The zero-order chi connectivity index (χ0) is 15.5. The van der Waals surface area contributed by atoms with Crippen molar-refractivity contribution in [1.82, 2.24) is 9.78 Å². The smallest absolute Gasteiger partial charge is 0.365 e. The summed E-state index contributed by atoms with van der Waals surface area (Å²) in [6, 6.07) is 0. The standard InChI is InChI=1S/C11H15N3O6/c1-11(2,3)20-8(15)6-13-5-7(14(17)18)9(12-13)10(16)19-4/h5H,6H2,1-4H3. The molecule has 1 heterocycles. The minimum absolute atomic E-state index is 0.338. The van der Waals surface area contributed by atoms with Gasteiger partial charge in [-0.25, -0.2) is 4.79 Å². The third-order valence-electron chi connectivity index (χ3n) is 2.03. The molecule has 0 amide bonds. The highest BCUT2D eigenvalue weighted by molar-refractivity contribution is 5.91. The van der Waals surface area contributed by atoms with Gasteiger partial charge in [-0.1, -0.05) is 0 Å². The molecule has 20 heavy (non-hydrogen) atoms. The van der Waals surface area contributed by atoms with Crippen molar-refractivity contribution in [1.29, 1.82) is 0 Å². The molecule has 1 aromatic rings. The molecule has 110 valence electrons. The molecule has 0 saturated carbocycles. The van der Waals surface area contributed by atoms with E-state index in [4.69, 9.17) is 4.74 Å². The molecule has 0 aliphatic carbocycles. The number of nitro groups is 1. The Kier molecular flexibility index (Phi) is 4.43. The van der Waals surface area contributed by atoms with Crippen LogP contribution in [-0.2, 0) is 20.8 Å². The van der Waals surface area contributed by atoms with Crippen LogP contribution in [0.3, 0.4) is 0 Å². The van der Waals surface area contributed by atoms with Gasteiger partial charge in [-0.15, -0.1) is 0 Å². The van der Waals surface area contributed by atoms with Gasteiger partial charge in [0.15, 0.2) is 0 Å². The summed E-state index contributed by atoms with van der Waals surface area (Å²) in [6.45, 7) is 4.73. The molecule has 0 fully saturated rings. The van der Waals surface area contributed by atoms with Crippen molar-refractivity contribution in [2.24, 2.45) is 0 Å². The first-order chi connectivity index (χ1) is 9.14. The van der Waals surface area contributed by atoms with E-state index >= 15 is 0 Å². The molecule has 9 nitrogen and oxygen atoms in total. The quantitative estimate of drug-likeness (QED) is 0.459. The van der Waals surface area contributed by atoms with E-state index in [1.807, 2.05) is 0 Å². The number of aromatic nitrogens is 2. The van der Waals surface area contributed by atoms with Gasteiger partial charge >= 0.3 is 17.6 Å². The Balaban J connectivity index is 2.95. The van der Waals surface area contributed by atoms with Gasteiger partial charge in [-0.3, -0.25) is 19.6 Å². The first-order valence-electron chi connectivity index (χ1n) is 5.66. The second kappa shape index (κ2) is 5.68. The molecule has 1 aromatic heterocycles. The van der Waals surface area contributed by atoms with Crippen LogP contribution in [0.15, 0.2) is 6.20 Å². The largest absolute Gasteiger partial charge is 0.464 e. The van der Waals surface area contributed by atoms with Gasteiger partial charge in [0.25, 0.3) is 0 Å². The van der Waals surface area contributed by atoms with Crippen LogP contribution < -0.4 is 0 Å². The molecule has 0 aliphatic rings. The van der Waals surface area contributed by atoms with E-state index in [-0.39, 0.29) is 6.54 Å². The highest BCUT2D eigenvalue weighted by Gasteiger charge is 2.27. The Morgan fingerprint density at radius 2 is 2.05 bits per heavy atom. The molecule has 0 spiro atoms. The fourth-order valence-corrected chi connectivity index (χ4v) is 1.37. The summed E-state index contributed by atoms with van der Waals surface area (Å²) in [5.74, 6) is -1.56. The van der Waals surface area contributed by atoms with Gasteiger partial charge < -0.3 is 9.47 Å². The van der Waals surface area contributed by atoms with Crippen LogP contribution in [0, 0.1) is 10.1 Å². The number of nitrogens with zero attached hydrogens (tertiary/aromatic N) is 3. The number of carbonyl (C=O) groups is 2. The lowest BCUT2D eigenvalue weighted by Crippen LogP contribution is -2.26. The highest BCUT2D eigenvalue weighted by atomic mass is 16.6. The number of hydrogen-bond donors (Lipinski definition) is 0. The Morgan fingerprint density at radius 3 is 2.50 bits per heavy atom. The van der Waals surface area contributed by atoms with Crippen molar-refractivity contribution < 1.29 is 24.0 Å². The maximum absolute atomic E-state index is 11.6. The van der Waals surface area contributed by atoms with E-state index in [0.29, 0.717) is 0 Å². The number of carbonyl (C=O) groups excluding carboxylic acids is 2. The van der Waals surface area contributed by atoms with Crippen molar-refractivity contribution in [2.45, 2.75) is 32.9 Å². The van der Waals surface area contributed by atoms with Gasteiger partial charge in [0.1, 0.15) is 18.3 Å².